The van der Waals surface area contributed by atoms with Crippen molar-refractivity contribution in [1.29, 1.82) is 5.26 Å². The summed E-state index contributed by atoms with van der Waals surface area (Å²) in [5.41, 5.74) is 5.73. The fourth-order valence-corrected chi connectivity index (χ4v) is 4.21. The molecule has 0 aliphatic carbocycles. The van der Waals surface area contributed by atoms with Crippen molar-refractivity contribution in [3.8, 4) is 17.2 Å². The molecule has 1 aromatic heterocycles. The zero-order valence-corrected chi connectivity index (χ0v) is 19.0. The minimum absolute atomic E-state index is 0.319. The summed E-state index contributed by atoms with van der Waals surface area (Å²) in [5.74, 6) is 0.612. The van der Waals surface area contributed by atoms with E-state index in [4.69, 9.17) is 9.72 Å². The van der Waals surface area contributed by atoms with Crippen molar-refractivity contribution in [3.63, 3.8) is 0 Å². The van der Waals surface area contributed by atoms with Crippen molar-refractivity contribution in [2.24, 2.45) is 0 Å². The lowest BCUT2D eigenvalue weighted by atomic mass is 9.95. The molecule has 4 aromatic rings. The third-order valence-corrected chi connectivity index (χ3v) is 5.78. The average Bonchev–Trinajstić information content (AvgIpc) is 3.20. The largest absolute Gasteiger partial charge is 0.462 e. The van der Waals surface area contributed by atoms with E-state index in [1.54, 1.807) is 6.07 Å². The molecule has 0 bridgehead atoms. The van der Waals surface area contributed by atoms with Crippen LogP contribution in [0.5, 0.6) is 0 Å². The molecule has 0 saturated carbocycles. The highest BCUT2D eigenvalue weighted by Gasteiger charge is 2.20. The zero-order valence-electron chi connectivity index (χ0n) is 19.0. The van der Waals surface area contributed by atoms with Crippen molar-refractivity contribution in [2.45, 2.75) is 39.7 Å². The molecule has 33 heavy (non-hydrogen) atoms. The Morgan fingerprint density at radius 2 is 1.76 bits per heavy atom. The fourth-order valence-electron chi connectivity index (χ4n) is 4.21. The Balaban J connectivity index is 1.89. The van der Waals surface area contributed by atoms with E-state index in [0.29, 0.717) is 24.3 Å². The smallest absolute Gasteiger partial charge is 0.340 e. The van der Waals surface area contributed by atoms with Gasteiger partial charge in [-0.05, 0) is 48.2 Å². The molecule has 0 amide bonds. The standard InChI is InChI=1S/C28H27N3O2/c1-3-5-17-26-30-25-16-10-15-24(28(32)33-4-2)27(25)31(26)19-21-12-7-9-14-23(21)22-13-8-6-11-20(22)18-29/h6-16H,3-5,17,19H2,1-2H3. The van der Waals surface area contributed by atoms with Crippen LogP contribution in [-0.2, 0) is 17.7 Å². The highest BCUT2D eigenvalue weighted by Crippen LogP contribution is 2.30. The van der Waals surface area contributed by atoms with Crippen LogP contribution < -0.4 is 0 Å². The first kappa shape index (κ1) is 22.3. The van der Waals surface area contributed by atoms with Gasteiger partial charge >= 0.3 is 5.97 Å². The van der Waals surface area contributed by atoms with Gasteiger partial charge in [-0.3, -0.25) is 0 Å². The summed E-state index contributed by atoms with van der Waals surface area (Å²) in [6.07, 6.45) is 2.89. The molecule has 166 valence electrons. The minimum atomic E-state index is -0.339. The number of ether oxygens (including phenoxy) is 1. The van der Waals surface area contributed by atoms with Crippen LogP contribution in [0.2, 0.25) is 0 Å². The number of benzene rings is 3. The number of carbonyl (C=O) groups excluding carboxylic acids is 1. The highest BCUT2D eigenvalue weighted by atomic mass is 16.5. The Morgan fingerprint density at radius 1 is 1.00 bits per heavy atom. The van der Waals surface area contributed by atoms with Crippen molar-refractivity contribution in [1.82, 2.24) is 9.55 Å². The van der Waals surface area contributed by atoms with E-state index in [1.807, 2.05) is 61.5 Å². The summed E-state index contributed by atoms with van der Waals surface area (Å²) in [4.78, 5) is 17.6. The Labute approximate surface area is 194 Å². The fraction of sp³-hybridized carbons (Fsp3) is 0.250. The van der Waals surface area contributed by atoms with Gasteiger partial charge in [0.15, 0.2) is 0 Å². The Morgan fingerprint density at radius 3 is 2.52 bits per heavy atom. The van der Waals surface area contributed by atoms with Gasteiger partial charge in [-0.25, -0.2) is 9.78 Å². The van der Waals surface area contributed by atoms with Crippen molar-refractivity contribution in [3.05, 3.63) is 89.2 Å². The number of fused-ring (bicyclic) bond motifs is 1. The van der Waals surface area contributed by atoms with Gasteiger partial charge in [-0.15, -0.1) is 0 Å². The van der Waals surface area contributed by atoms with Crippen LogP contribution in [0.1, 0.15) is 54.0 Å². The minimum Gasteiger partial charge on any atom is -0.462 e. The van der Waals surface area contributed by atoms with Crippen LogP contribution in [-0.4, -0.2) is 22.1 Å². The molecule has 1 heterocycles. The molecular weight excluding hydrogens is 410 g/mol. The molecule has 0 atom stereocenters. The number of aromatic nitrogens is 2. The van der Waals surface area contributed by atoms with Gasteiger partial charge < -0.3 is 9.30 Å². The summed E-state index contributed by atoms with van der Waals surface area (Å²) in [5, 5.41) is 9.64. The van der Waals surface area contributed by atoms with Crippen molar-refractivity contribution in [2.75, 3.05) is 6.61 Å². The Bertz CT molecular complexity index is 1330. The number of imidazole rings is 1. The van der Waals surface area contributed by atoms with E-state index in [2.05, 4.69) is 23.6 Å². The second-order valence-corrected chi connectivity index (χ2v) is 7.93. The Kier molecular flexibility index (Phi) is 6.85. The second-order valence-electron chi connectivity index (χ2n) is 7.93. The molecule has 5 nitrogen and oxygen atoms in total. The van der Waals surface area contributed by atoms with E-state index in [-0.39, 0.29) is 5.97 Å². The van der Waals surface area contributed by atoms with Gasteiger partial charge in [0.25, 0.3) is 0 Å². The third-order valence-electron chi connectivity index (χ3n) is 5.78. The third kappa shape index (κ3) is 4.51. The highest BCUT2D eigenvalue weighted by molar-refractivity contribution is 6.02. The number of carbonyl (C=O) groups is 1. The maximum Gasteiger partial charge on any atom is 0.340 e. The summed E-state index contributed by atoms with van der Waals surface area (Å²) < 4.78 is 7.48. The van der Waals surface area contributed by atoms with E-state index >= 15 is 0 Å². The number of hydrogen-bond donors (Lipinski definition) is 0. The van der Waals surface area contributed by atoms with Crippen LogP contribution in [0.25, 0.3) is 22.2 Å². The van der Waals surface area contributed by atoms with Crippen LogP contribution >= 0.6 is 0 Å². The average molecular weight is 438 g/mol. The summed E-state index contributed by atoms with van der Waals surface area (Å²) in [6, 6.07) is 23.7. The first-order valence-electron chi connectivity index (χ1n) is 11.4. The number of nitriles is 1. The van der Waals surface area contributed by atoms with Gasteiger partial charge in [0, 0.05) is 13.0 Å². The predicted octanol–water partition coefficient (Wildman–Crippen LogP) is 6.14. The molecule has 0 radical (unpaired) electrons. The number of rotatable bonds is 8. The summed E-state index contributed by atoms with van der Waals surface area (Å²) in [6.45, 7) is 4.83. The molecule has 0 saturated heterocycles. The molecule has 0 unspecified atom stereocenters. The van der Waals surface area contributed by atoms with E-state index in [0.717, 1.165) is 52.8 Å². The quantitative estimate of drug-likeness (QED) is 0.310. The molecule has 0 spiro atoms. The van der Waals surface area contributed by atoms with Crippen molar-refractivity contribution < 1.29 is 9.53 Å². The molecule has 0 aliphatic rings. The van der Waals surface area contributed by atoms with E-state index in [1.165, 1.54) is 0 Å². The van der Waals surface area contributed by atoms with Gasteiger partial charge in [-0.1, -0.05) is 61.9 Å². The van der Waals surface area contributed by atoms with Gasteiger partial charge in [0.1, 0.15) is 5.82 Å². The molecule has 3 aromatic carbocycles. The predicted molar refractivity (Wildman–Crippen MR) is 130 cm³/mol. The lowest BCUT2D eigenvalue weighted by Crippen LogP contribution is -2.11. The lowest BCUT2D eigenvalue weighted by Gasteiger charge is -2.15. The second kappa shape index (κ2) is 10.1. The summed E-state index contributed by atoms with van der Waals surface area (Å²) in [7, 11) is 0. The van der Waals surface area contributed by atoms with Crippen LogP contribution in [0.3, 0.4) is 0 Å². The zero-order chi connectivity index (χ0) is 23.2. The molecule has 0 aliphatic heterocycles. The van der Waals surface area contributed by atoms with Gasteiger partial charge in [0.2, 0.25) is 0 Å². The van der Waals surface area contributed by atoms with Gasteiger partial charge in [-0.2, -0.15) is 5.26 Å². The maximum atomic E-state index is 12.8. The van der Waals surface area contributed by atoms with E-state index in [9.17, 15) is 10.1 Å². The van der Waals surface area contributed by atoms with Crippen molar-refractivity contribution >= 4 is 17.0 Å². The summed E-state index contributed by atoms with van der Waals surface area (Å²) >= 11 is 0. The monoisotopic (exact) mass is 437 g/mol. The topological polar surface area (TPSA) is 67.9 Å². The molecule has 5 heteroatoms. The van der Waals surface area contributed by atoms with Crippen LogP contribution in [0.15, 0.2) is 66.7 Å². The van der Waals surface area contributed by atoms with Gasteiger partial charge in [0.05, 0.1) is 34.8 Å². The van der Waals surface area contributed by atoms with Crippen LogP contribution in [0.4, 0.5) is 0 Å². The number of esters is 1. The number of nitrogens with zero attached hydrogens (tertiary/aromatic N) is 3. The Hall–Kier alpha value is -3.91. The number of unbranched alkanes of at least 4 members (excludes halogenated alkanes) is 1. The number of para-hydroxylation sites is 1. The SMILES string of the molecule is CCCCc1nc2cccc(C(=O)OCC)c2n1Cc1ccccc1-c1ccccc1C#N. The normalized spacial score (nSPS) is 10.8. The first-order valence-corrected chi connectivity index (χ1v) is 11.4. The molecular formula is C28H27N3O2. The number of aryl methyl sites for hydroxylation is 1. The van der Waals surface area contributed by atoms with E-state index < -0.39 is 0 Å². The first-order chi connectivity index (χ1) is 16.2. The maximum absolute atomic E-state index is 12.8. The molecule has 0 N–H and O–H groups in total. The van der Waals surface area contributed by atoms with Crippen LogP contribution in [0, 0.1) is 11.3 Å². The number of hydrogen-bond acceptors (Lipinski definition) is 4. The molecule has 0 fully saturated rings. The molecule has 4 rings (SSSR count). The lowest BCUT2D eigenvalue weighted by molar-refractivity contribution is 0.0528.